The van der Waals surface area contributed by atoms with Crippen LogP contribution in [0.3, 0.4) is 0 Å². The first-order valence-electron chi connectivity index (χ1n) is 15.0. The van der Waals surface area contributed by atoms with Crippen LogP contribution in [-0.2, 0) is 30.4 Å². The minimum Gasteiger partial charge on any atom is -0.505 e. The first-order chi connectivity index (χ1) is 25.0. The van der Waals surface area contributed by atoms with E-state index >= 15 is 0 Å². The number of aromatic hydroxyl groups is 1. The molecule has 0 saturated carbocycles. The van der Waals surface area contributed by atoms with Gasteiger partial charge in [0.1, 0.15) is 21.6 Å². The lowest BCUT2D eigenvalue weighted by Crippen LogP contribution is -2.01. The van der Waals surface area contributed by atoms with Gasteiger partial charge in [0, 0.05) is 10.8 Å². The van der Waals surface area contributed by atoms with Crippen molar-refractivity contribution in [3.63, 3.8) is 0 Å². The minimum absolute atomic E-state index is 0.172. The lowest BCUT2D eigenvalue weighted by Gasteiger charge is -2.10. The molecule has 4 N–H and O–H groups in total. The Balaban J connectivity index is 1.20. The fourth-order valence-corrected chi connectivity index (χ4v) is 7.27. The minimum atomic E-state index is -4.93. The Morgan fingerprint density at radius 2 is 1.17 bits per heavy atom. The molecule has 0 amide bonds. The summed E-state index contributed by atoms with van der Waals surface area (Å²) in [5, 5.41) is 37.7. The highest BCUT2D eigenvalue weighted by atomic mass is 32.2. The van der Waals surface area contributed by atoms with Gasteiger partial charge in [0.15, 0.2) is 5.75 Å². The average molecular weight is 774 g/mol. The van der Waals surface area contributed by atoms with E-state index in [0.29, 0.717) is 44.4 Å². The van der Waals surface area contributed by atoms with Crippen LogP contribution in [0.4, 0.5) is 22.7 Å². The lowest BCUT2D eigenvalue weighted by atomic mass is 10.0. The molecule has 1 heterocycles. The van der Waals surface area contributed by atoms with E-state index < -0.39 is 46.7 Å². The highest BCUT2D eigenvalue weighted by Gasteiger charge is 2.23. The zero-order valence-electron chi connectivity index (χ0n) is 26.8. The number of rotatable bonds is 8. The van der Waals surface area contributed by atoms with Crippen LogP contribution in [0.2, 0.25) is 0 Å². The predicted octanol–water partition coefficient (Wildman–Crippen LogP) is 7.31. The summed E-state index contributed by atoms with van der Waals surface area (Å²) >= 11 is 0. The third-order valence-corrected chi connectivity index (χ3v) is 10.6. The van der Waals surface area contributed by atoms with Crippen molar-refractivity contribution < 1.29 is 44.0 Å². The number of phenolic OH excluding ortho intramolecular Hbond substituents is 1. The van der Waals surface area contributed by atoms with Crippen LogP contribution in [0.25, 0.3) is 38.3 Å². The Morgan fingerprint density at radius 1 is 0.585 bits per heavy atom. The number of phenols is 1. The quantitative estimate of drug-likeness (QED) is 0.0875. The number of aromatic nitrogens is 3. The number of benzene rings is 6. The van der Waals surface area contributed by atoms with Crippen molar-refractivity contribution in [1.29, 1.82) is 0 Å². The number of aryl methyl sites for hydroxylation is 1. The molecule has 268 valence electrons. The SMILES string of the molecule is Cc1cc(S(=O)(=O)O)cc2ccc3nn(-c4ccc5c(O)c(N=Nc6ccc(N=Nc7ccc(S(=O)(=O)O)cc7)cc6)c(S(=O)(=O)O)cc5c4)nc3c12. The van der Waals surface area contributed by atoms with E-state index in [1.54, 1.807) is 25.1 Å². The predicted molar refractivity (Wildman–Crippen MR) is 191 cm³/mol. The second kappa shape index (κ2) is 12.9. The van der Waals surface area contributed by atoms with Gasteiger partial charge in [0.25, 0.3) is 30.4 Å². The van der Waals surface area contributed by atoms with Gasteiger partial charge in [-0.25, -0.2) is 0 Å². The monoisotopic (exact) mass is 773 g/mol. The standard InChI is InChI=1S/C33H23N7O10S3/c1-18-14-26(52(45,46)47)16-19-2-13-28-31(30(18)19)39-40(38-28)24-9-12-27-20(15-24)17-29(53(48,49)50)32(33(27)41)37-36-22-5-3-21(4-6-22)34-35-23-7-10-25(11-8-23)51(42,43)44/h2-17,41H,1H3,(H,42,43,44)(H,45,46,47)(H,48,49,50). The molecule has 6 aromatic carbocycles. The molecule has 0 aliphatic heterocycles. The van der Waals surface area contributed by atoms with Crippen LogP contribution < -0.4 is 0 Å². The van der Waals surface area contributed by atoms with E-state index in [2.05, 4.69) is 30.7 Å². The average Bonchev–Trinajstić information content (AvgIpc) is 3.54. The van der Waals surface area contributed by atoms with Gasteiger partial charge in [-0.05, 0) is 114 Å². The van der Waals surface area contributed by atoms with Crippen LogP contribution in [0, 0.1) is 6.92 Å². The molecule has 0 radical (unpaired) electrons. The van der Waals surface area contributed by atoms with Crippen LogP contribution in [-0.4, -0.2) is 59.0 Å². The Kier molecular flexibility index (Phi) is 8.59. The van der Waals surface area contributed by atoms with Gasteiger partial charge in [-0.3, -0.25) is 13.7 Å². The van der Waals surface area contributed by atoms with E-state index in [9.17, 15) is 39.5 Å². The molecule has 0 atom stereocenters. The van der Waals surface area contributed by atoms with Crippen LogP contribution in [0.5, 0.6) is 5.75 Å². The third-order valence-electron chi connectivity index (χ3n) is 8.01. The number of azo groups is 2. The van der Waals surface area contributed by atoms with Crippen molar-refractivity contribution in [1.82, 2.24) is 15.0 Å². The largest absolute Gasteiger partial charge is 0.505 e. The van der Waals surface area contributed by atoms with E-state index in [4.69, 9.17) is 4.55 Å². The molecular weight excluding hydrogens is 751 g/mol. The summed E-state index contributed by atoms with van der Waals surface area (Å²) in [5.74, 6) is -0.578. The molecule has 0 unspecified atom stereocenters. The summed E-state index contributed by atoms with van der Waals surface area (Å²) in [6.45, 7) is 1.67. The zero-order valence-corrected chi connectivity index (χ0v) is 29.3. The summed E-state index contributed by atoms with van der Waals surface area (Å²) in [6.07, 6.45) is 0. The molecule has 1 aromatic heterocycles. The van der Waals surface area contributed by atoms with E-state index in [0.717, 1.165) is 6.07 Å². The van der Waals surface area contributed by atoms with Crippen LogP contribution in [0.15, 0.2) is 132 Å². The molecule has 0 aliphatic carbocycles. The first kappa shape index (κ1) is 35.4. The number of hydrogen-bond donors (Lipinski definition) is 4. The summed E-state index contributed by atoms with van der Waals surface area (Å²) in [7, 11) is -13.7. The summed E-state index contributed by atoms with van der Waals surface area (Å²) in [6, 6.07) is 22.6. The van der Waals surface area contributed by atoms with Gasteiger partial charge < -0.3 is 5.11 Å². The molecule has 17 nitrogen and oxygen atoms in total. The molecular formula is C33H23N7O10S3. The molecule has 7 aromatic rings. The summed E-state index contributed by atoms with van der Waals surface area (Å²) in [5.41, 5.74) is 2.18. The Bertz CT molecular complexity index is 3040. The van der Waals surface area contributed by atoms with Gasteiger partial charge in [0.2, 0.25) is 0 Å². The maximum absolute atomic E-state index is 12.5. The topological polar surface area (TPSA) is 263 Å². The van der Waals surface area contributed by atoms with E-state index in [-0.39, 0.29) is 26.3 Å². The second-order valence-electron chi connectivity index (χ2n) is 11.6. The molecule has 0 bridgehead atoms. The maximum atomic E-state index is 12.5. The van der Waals surface area contributed by atoms with Crippen molar-refractivity contribution in [2.75, 3.05) is 0 Å². The molecule has 0 spiro atoms. The Labute approximate surface area is 299 Å². The fourth-order valence-electron chi connectivity index (χ4n) is 5.53. The van der Waals surface area contributed by atoms with Gasteiger partial charge in [0.05, 0.1) is 32.5 Å². The highest BCUT2D eigenvalue weighted by molar-refractivity contribution is 7.86. The molecule has 53 heavy (non-hydrogen) atoms. The number of hydrogen-bond acceptors (Lipinski definition) is 13. The first-order valence-corrected chi connectivity index (χ1v) is 19.3. The third kappa shape index (κ3) is 7.09. The van der Waals surface area contributed by atoms with E-state index in [1.165, 1.54) is 77.6 Å². The fraction of sp³-hybridized carbons (Fsp3) is 0.0303. The number of nitrogens with zero attached hydrogens (tertiary/aromatic N) is 7. The van der Waals surface area contributed by atoms with Crippen LogP contribution >= 0.6 is 0 Å². The molecule has 0 saturated heterocycles. The van der Waals surface area contributed by atoms with Crippen molar-refractivity contribution in [3.8, 4) is 11.4 Å². The Morgan fingerprint density at radius 3 is 1.75 bits per heavy atom. The van der Waals surface area contributed by atoms with Crippen molar-refractivity contribution in [2.45, 2.75) is 21.6 Å². The summed E-state index contributed by atoms with van der Waals surface area (Å²) < 4.78 is 99.5. The molecule has 0 aliphatic rings. The van der Waals surface area contributed by atoms with Crippen LogP contribution in [0.1, 0.15) is 5.56 Å². The summed E-state index contributed by atoms with van der Waals surface area (Å²) in [4.78, 5) is 0.00431. The molecule has 0 fully saturated rings. The number of fused-ring (bicyclic) bond motifs is 4. The van der Waals surface area contributed by atoms with Gasteiger partial charge in [-0.2, -0.15) is 45.4 Å². The molecule has 20 heteroatoms. The molecule has 7 rings (SSSR count). The highest BCUT2D eigenvalue weighted by Crippen LogP contribution is 2.42. The normalized spacial score (nSPS) is 12.9. The lowest BCUT2D eigenvalue weighted by molar-refractivity contribution is 0.472. The Hall–Kier alpha value is -6.03. The van der Waals surface area contributed by atoms with Gasteiger partial charge in [-0.15, -0.1) is 15.3 Å². The van der Waals surface area contributed by atoms with Crippen molar-refractivity contribution >= 4 is 85.7 Å². The smallest absolute Gasteiger partial charge is 0.296 e. The maximum Gasteiger partial charge on any atom is 0.296 e. The van der Waals surface area contributed by atoms with E-state index in [1.807, 2.05) is 0 Å². The van der Waals surface area contributed by atoms with Crippen molar-refractivity contribution in [3.05, 3.63) is 103 Å². The van der Waals surface area contributed by atoms with Gasteiger partial charge >= 0.3 is 0 Å². The zero-order chi connectivity index (χ0) is 37.9. The van der Waals surface area contributed by atoms with Crippen molar-refractivity contribution in [2.24, 2.45) is 20.5 Å². The second-order valence-corrected chi connectivity index (χ2v) is 15.8. The van der Waals surface area contributed by atoms with Gasteiger partial charge in [-0.1, -0.05) is 6.07 Å².